The topological polar surface area (TPSA) is 35.0 Å². The Morgan fingerprint density at radius 3 is 3.08 bits per heavy atom. The zero-order chi connectivity index (χ0) is 9.31. The summed E-state index contributed by atoms with van der Waals surface area (Å²) in [5.41, 5.74) is -1.55. The summed E-state index contributed by atoms with van der Waals surface area (Å²) in [5.74, 6) is 0.123. The molecule has 0 aromatic carbocycles. The third kappa shape index (κ3) is 1.64. The van der Waals surface area contributed by atoms with Gasteiger partial charge in [-0.15, -0.1) is 0 Å². The van der Waals surface area contributed by atoms with Gasteiger partial charge in [0.2, 0.25) is 0 Å². The summed E-state index contributed by atoms with van der Waals surface area (Å²) in [5, 5.41) is 0.258. The van der Waals surface area contributed by atoms with Crippen LogP contribution in [0.4, 0.5) is 4.39 Å². The van der Waals surface area contributed by atoms with Crippen molar-refractivity contribution in [2.45, 2.75) is 12.1 Å². The zero-order valence-corrected chi connectivity index (χ0v) is 7.59. The minimum Gasteiger partial charge on any atom is -0.377 e. The lowest BCUT2D eigenvalue weighted by atomic mass is 10.1. The summed E-state index contributed by atoms with van der Waals surface area (Å²) < 4.78 is 18.9. The molecule has 1 fully saturated rings. The molecule has 0 N–H and O–H groups in total. The van der Waals surface area contributed by atoms with Crippen LogP contribution in [0.1, 0.15) is 12.2 Å². The summed E-state index contributed by atoms with van der Waals surface area (Å²) in [7, 11) is 0. The highest BCUT2D eigenvalue weighted by Crippen LogP contribution is 2.32. The minimum absolute atomic E-state index is 0.0212. The fraction of sp³-hybridized carbons (Fsp3) is 0.500. The number of nitrogens with zero attached hydrogens (tertiary/aromatic N) is 2. The summed E-state index contributed by atoms with van der Waals surface area (Å²) in [4.78, 5) is 7.67. The van der Waals surface area contributed by atoms with E-state index >= 15 is 0 Å². The van der Waals surface area contributed by atoms with Gasteiger partial charge >= 0.3 is 0 Å². The van der Waals surface area contributed by atoms with Crippen LogP contribution in [-0.4, -0.2) is 23.2 Å². The molecule has 13 heavy (non-hydrogen) atoms. The number of alkyl halides is 1. The Kier molecular flexibility index (Phi) is 2.17. The standard InChI is InChI=1S/C8H8ClFN2O/c9-6-1-3-11-7(12-6)8(10)2-4-13-5-8/h1,3H,2,4-5H2. The first-order chi connectivity index (χ1) is 6.21. The predicted octanol–water partition coefficient (Wildman–Crippen LogP) is 1.72. The lowest BCUT2D eigenvalue weighted by Gasteiger charge is -2.14. The second-order valence-electron chi connectivity index (χ2n) is 2.97. The zero-order valence-electron chi connectivity index (χ0n) is 6.83. The second-order valence-corrected chi connectivity index (χ2v) is 3.36. The third-order valence-corrected chi connectivity index (χ3v) is 2.21. The summed E-state index contributed by atoms with van der Waals surface area (Å²) in [6.07, 6.45) is 1.75. The Morgan fingerprint density at radius 1 is 1.62 bits per heavy atom. The fourth-order valence-electron chi connectivity index (χ4n) is 1.27. The van der Waals surface area contributed by atoms with Gasteiger partial charge in [0.25, 0.3) is 0 Å². The van der Waals surface area contributed by atoms with Crippen LogP contribution in [0.2, 0.25) is 5.15 Å². The molecule has 5 heteroatoms. The van der Waals surface area contributed by atoms with Gasteiger partial charge in [0, 0.05) is 12.6 Å². The van der Waals surface area contributed by atoms with E-state index in [2.05, 4.69) is 9.97 Å². The average Bonchev–Trinajstić information content (AvgIpc) is 2.54. The van der Waals surface area contributed by atoms with Crippen LogP contribution in [-0.2, 0) is 10.4 Å². The van der Waals surface area contributed by atoms with Crippen molar-refractivity contribution in [3.8, 4) is 0 Å². The Morgan fingerprint density at radius 2 is 2.46 bits per heavy atom. The first-order valence-corrected chi connectivity index (χ1v) is 4.34. The molecule has 1 aliphatic heterocycles. The smallest absolute Gasteiger partial charge is 0.195 e. The maximum absolute atomic E-state index is 13.9. The highest BCUT2D eigenvalue weighted by atomic mass is 35.5. The van der Waals surface area contributed by atoms with E-state index in [4.69, 9.17) is 16.3 Å². The van der Waals surface area contributed by atoms with Crippen LogP contribution in [0.5, 0.6) is 0 Å². The normalized spacial score (nSPS) is 27.8. The molecule has 1 atom stereocenters. The van der Waals surface area contributed by atoms with E-state index in [9.17, 15) is 4.39 Å². The molecule has 1 aromatic rings. The minimum atomic E-state index is -1.55. The van der Waals surface area contributed by atoms with Gasteiger partial charge in [0.05, 0.1) is 13.2 Å². The molecule has 0 saturated carbocycles. The van der Waals surface area contributed by atoms with Crippen LogP contribution >= 0.6 is 11.6 Å². The largest absolute Gasteiger partial charge is 0.377 e. The van der Waals surface area contributed by atoms with Gasteiger partial charge in [0.1, 0.15) is 5.15 Å². The summed E-state index contributed by atoms with van der Waals surface area (Å²) in [6.45, 7) is 0.430. The summed E-state index contributed by atoms with van der Waals surface area (Å²) in [6, 6.07) is 1.52. The van der Waals surface area contributed by atoms with Gasteiger partial charge in [-0.2, -0.15) is 0 Å². The van der Waals surface area contributed by atoms with Gasteiger partial charge in [0.15, 0.2) is 11.5 Å². The first-order valence-electron chi connectivity index (χ1n) is 3.96. The highest BCUT2D eigenvalue weighted by Gasteiger charge is 2.39. The second kappa shape index (κ2) is 3.20. The van der Waals surface area contributed by atoms with Crippen molar-refractivity contribution in [2.75, 3.05) is 13.2 Å². The average molecular weight is 203 g/mol. The van der Waals surface area contributed by atoms with Gasteiger partial charge in [-0.05, 0) is 6.07 Å². The molecule has 1 saturated heterocycles. The lowest BCUT2D eigenvalue weighted by Crippen LogP contribution is -2.23. The number of ether oxygens (including phenoxy) is 1. The van der Waals surface area contributed by atoms with E-state index in [1.54, 1.807) is 0 Å². The Labute approximate surface area is 79.9 Å². The molecule has 70 valence electrons. The lowest BCUT2D eigenvalue weighted by molar-refractivity contribution is 0.104. The molecule has 0 aliphatic carbocycles. The molecule has 3 nitrogen and oxygen atoms in total. The van der Waals surface area contributed by atoms with Gasteiger partial charge in [-0.3, -0.25) is 0 Å². The van der Waals surface area contributed by atoms with E-state index in [1.165, 1.54) is 12.3 Å². The van der Waals surface area contributed by atoms with Crippen LogP contribution in [0.15, 0.2) is 12.3 Å². The number of hydrogen-bond acceptors (Lipinski definition) is 3. The van der Waals surface area contributed by atoms with Crippen LogP contribution in [0.25, 0.3) is 0 Å². The van der Waals surface area contributed by atoms with E-state index < -0.39 is 5.67 Å². The maximum Gasteiger partial charge on any atom is 0.195 e. The number of aromatic nitrogens is 2. The summed E-state index contributed by atoms with van der Waals surface area (Å²) >= 11 is 5.63. The van der Waals surface area contributed by atoms with Gasteiger partial charge in [-0.1, -0.05) is 11.6 Å². The van der Waals surface area contributed by atoms with Crippen molar-refractivity contribution in [2.24, 2.45) is 0 Å². The van der Waals surface area contributed by atoms with Crippen LogP contribution in [0, 0.1) is 0 Å². The van der Waals surface area contributed by atoms with Gasteiger partial charge in [-0.25, -0.2) is 14.4 Å². The first kappa shape index (κ1) is 8.84. The molecule has 2 rings (SSSR count). The van der Waals surface area contributed by atoms with Crippen molar-refractivity contribution in [1.29, 1.82) is 0 Å². The van der Waals surface area contributed by atoms with Crippen molar-refractivity contribution in [3.63, 3.8) is 0 Å². The number of rotatable bonds is 1. The Bertz CT molecular complexity index is 315. The SMILES string of the molecule is FC1(c2nccc(Cl)n2)CCOC1. The molecular weight excluding hydrogens is 195 g/mol. The predicted molar refractivity (Wildman–Crippen MR) is 45.3 cm³/mol. The molecule has 1 aliphatic rings. The molecule has 1 aromatic heterocycles. The quantitative estimate of drug-likeness (QED) is 0.651. The third-order valence-electron chi connectivity index (χ3n) is 2.00. The van der Waals surface area contributed by atoms with Crippen molar-refractivity contribution >= 4 is 11.6 Å². The number of halogens is 2. The van der Waals surface area contributed by atoms with Crippen molar-refractivity contribution < 1.29 is 9.13 Å². The van der Waals surface area contributed by atoms with E-state index in [0.29, 0.717) is 13.0 Å². The van der Waals surface area contributed by atoms with Crippen LogP contribution < -0.4 is 0 Å². The molecule has 1 unspecified atom stereocenters. The number of hydrogen-bond donors (Lipinski definition) is 0. The molecule has 2 heterocycles. The molecule has 0 bridgehead atoms. The highest BCUT2D eigenvalue weighted by molar-refractivity contribution is 6.29. The molecule has 0 amide bonds. The van der Waals surface area contributed by atoms with Crippen LogP contribution in [0.3, 0.4) is 0 Å². The van der Waals surface area contributed by atoms with Crippen molar-refractivity contribution in [1.82, 2.24) is 9.97 Å². The Hall–Kier alpha value is -0.740. The van der Waals surface area contributed by atoms with E-state index in [1.807, 2.05) is 0 Å². The van der Waals surface area contributed by atoms with Crippen molar-refractivity contribution in [3.05, 3.63) is 23.2 Å². The maximum atomic E-state index is 13.9. The van der Waals surface area contributed by atoms with E-state index in [0.717, 1.165) is 0 Å². The fourth-order valence-corrected chi connectivity index (χ4v) is 1.41. The monoisotopic (exact) mass is 202 g/mol. The van der Waals surface area contributed by atoms with E-state index in [-0.39, 0.29) is 17.6 Å². The van der Waals surface area contributed by atoms with Gasteiger partial charge < -0.3 is 4.74 Å². The molecular formula is C8H8ClFN2O. The molecule has 0 radical (unpaired) electrons. The Balaban J connectivity index is 2.33. The molecule has 0 spiro atoms.